The molecule has 0 saturated carbocycles. The fraction of sp³-hybridized carbons (Fsp3) is 0.538. The van der Waals surface area contributed by atoms with Crippen LogP contribution < -0.4 is 11.1 Å². The average Bonchev–Trinajstić information content (AvgIpc) is 2.39. The largest absolute Gasteiger partial charge is 0.354 e. The van der Waals surface area contributed by atoms with E-state index in [-0.39, 0.29) is 5.91 Å². The van der Waals surface area contributed by atoms with E-state index in [0.29, 0.717) is 19.4 Å². The van der Waals surface area contributed by atoms with Crippen molar-refractivity contribution in [2.24, 2.45) is 5.73 Å². The van der Waals surface area contributed by atoms with Crippen LogP contribution in [0.2, 0.25) is 0 Å². The third-order valence-electron chi connectivity index (χ3n) is 3.11. The first-order valence-corrected chi connectivity index (χ1v) is 6.09. The van der Waals surface area contributed by atoms with Crippen LogP contribution in [-0.4, -0.2) is 23.0 Å². The molecule has 17 heavy (non-hydrogen) atoms. The van der Waals surface area contributed by atoms with Gasteiger partial charge in [-0.15, -0.1) is 0 Å². The molecule has 0 aliphatic heterocycles. The molecular formula is C13H21N3O. The second-order valence-corrected chi connectivity index (χ2v) is 4.19. The molecule has 1 rings (SSSR count). The van der Waals surface area contributed by atoms with Crippen molar-refractivity contribution in [3.05, 3.63) is 30.1 Å². The normalized spacial score (nSPS) is 11.2. The number of carbonyl (C=O) groups is 1. The van der Waals surface area contributed by atoms with E-state index in [9.17, 15) is 4.79 Å². The zero-order valence-electron chi connectivity index (χ0n) is 10.6. The van der Waals surface area contributed by atoms with E-state index in [4.69, 9.17) is 5.73 Å². The van der Waals surface area contributed by atoms with Crippen molar-refractivity contribution in [2.45, 2.75) is 38.6 Å². The zero-order valence-corrected chi connectivity index (χ0v) is 10.6. The summed E-state index contributed by atoms with van der Waals surface area (Å²) in [5, 5.41) is 2.87. The number of nitrogens with one attached hydrogen (secondary N) is 1. The maximum absolute atomic E-state index is 11.9. The molecular weight excluding hydrogens is 214 g/mol. The summed E-state index contributed by atoms with van der Waals surface area (Å²) in [5.41, 5.74) is 6.24. The van der Waals surface area contributed by atoms with E-state index in [1.807, 2.05) is 32.0 Å². The molecule has 0 fully saturated rings. The minimum atomic E-state index is -0.732. The maximum atomic E-state index is 11.9. The van der Waals surface area contributed by atoms with Crippen LogP contribution in [0.15, 0.2) is 24.4 Å². The van der Waals surface area contributed by atoms with Crippen molar-refractivity contribution in [1.29, 1.82) is 0 Å². The van der Waals surface area contributed by atoms with Crippen molar-refractivity contribution in [3.8, 4) is 0 Å². The van der Waals surface area contributed by atoms with Gasteiger partial charge >= 0.3 is 0 Å². The lowest BCUT2D eigenvalue weighted by Gasteiger charge is -2.25. The Labute approximate surface area is 103 Å². The molecule has 0 spiro atoms. The molecule has 0 aliphatic carbocycles. The van der Waals surface area contributed by atoms with Crippen LogP contribution in [0.4, 0.5) is 0 Å². The molecule has 1 aromatic heterocycles. The summed E-state index contributed by atoms with van der Waals surface area (Å²) in [5.74, 6) is -0.0709. The molecule has 4 nitrogen and oxygen atoms in total. The van der Waals surface area contributed by atoms with Gasteiger partial charge in [-0.2, -0.15) is 0 Å². The third-order valence-corrected chi connectivity index (χ3v) is 3.11. The smallest absolute Gasteiger partial charge is 0.240 e. The van der Waals surface area contributed by atoms with Gasteiger partial charge in [0.25, 0.3) is 0 Å². The molecule has 3 N–H and O–H groups in total. The Hall–Kier alpha value is -1.42. The molecule has 1 aromatic rings. The molecule has 0 atom stereocenters. The zero-order chi connectivity index (χ0) is 12.7. The van der Waals surface area contributed by atoms with Crippen LogP contribution in [-0.2, 0) is 11.2 Å². The van der Waals surface area contributed by atoms with Crippen molar-refractivity contribution < 1.29 is 4.79 Å². The lowest BCUT2D eigenvalue weighted by Crippen LogP contribution is -2.53. The molecule has 0 aromatic carbocycles. The fourth-order valence-electron chi connectivity index (χ4n) is 1.60. The molecule has 1 heterocycles. The van der Waals surface area contributed by atoms with Crippen molar-refractivity contribution >= 4 is 5.91 Å². The summed E-state index contributed by atoms with van der Waals surface area (Å²) in [6.07, 6.45) is 3.79. The van der Waals surface area contributed by atoms with Crippen molar-refractivity contribution in [1.82, 2.24) is 10.3 Å². The first-order chi connectivity index (χ1) is 8.12. The first kappa shape index (κ1) is 13.6. The van der Waals surface area contributed by atoms with Crippen LogP contribution in [0, 0.1) is 0 Å². The van der Waals surface area contributed by atoms with Gasteiger partial charge in [0.1, 0.15) is 0 Å². The SMILES string of the molecule is CCC(N)(CC)C(=O)NCCc1ccccn1. The second kappa shape index (κ2) is 6.35. The van der Waals surface area contributed by atoms with Gasteiger partial charge < -0.3 is 11.1 Å². The van der Waals surface area contributed by atoms with E-state index >= 15 is 0 Å². The number of nitrogens with zero attached hydrogens (tertiary/aromatic N) is 1. The Kier molecular flexibility index (Phi) is 5.10. The van der Waals surface area contributed by atoms with Crippen molar-refractivity contribution in [2.75, 3.05) is 6.54 Å². The van der Waals surface area contributed by atoms with E-state index in [0.717, 1.165) is 12.1 Å². The Bertz CT molecular complexity index is 347. The number of rotatable bonds is 6. The Morgan fingerprint density at radius 2 is 2.12 bits per heavy atom. The summed E-state index contributed by atoms with van der Waals surface area (Å²) >= 11 is 0. The summed E-state index contributed by atoms with van der Waals surface area (Å²) in [6, 6.07) is 5.76. The van der Waals surface area contributed by atoms with Gasteiger partial charge in [-0.3, -0.25) is 9.78 Å². The second-order valence-electron chi connectivity index (χ2n) is 4.19. The Morgan fingerprint density at radius 3 is 2.65 bits per heavy atom. The van der Waals surface area contributed by atoms with Crippen LogP contribution in [0.1, 0.15) is 32.4 Å². The lowest BCUT2D eigenvalue weighted by atomic mass is 9.93. The maximum Gasteiger partial charge on any atom is 0.240 e. The molecule has 0 aliphatic rings. The van der Waals surface area contributed by atoms with Gasteiger partial charge in [0.15, 0.2) is 0 Å². The monoisotopic (exact) mass is 235 g/mol. The highest BCUT2D eigenvalue weighted by molar-refractivity contribution is 5.85. The van der Waals surface area contributed by atoms with Gasteiger partial charge in [0.2, 0.25) is 5.91 Å². The summed E-state index contributed by atoms with van der Waals surface area (Å²) in [7, 11) is 0. The minimum absolute atomic E-state index is 0.0709. The lowest BCUT2D eigenvalue weighted by molar-refractivity contribution is -0.126. The number of aromatic nitrogens is 1. The van der Waals surface area contributed by atoms with Gasteiger partial charge in [-0.05, 0) is 25.0 Å². The van der Waals surface area contributed by atoms with E-state index in [1.54, 1.807) is 6.20 Å². The summed E-state index contributed by atoms with van der Waals surface area (Å²) in [6.45, 7) is 4.44. The van der Waals surface area contributed by atoms with Crippen LogP contribution in [0.5, 0.6) is 0 Å². The number of hydrogen-bond donors (Lipinski definition) is 2. The first-order valence-electron chi connectivity index (χ1n) is 6.09. The van der Waals surface area contributed by atoms with E-state index in [2.05, 4.69) is 10.3 Å². The Morgan fingerprint density at radius 1 is 1.41 bits per heavy atom. The van der Waals surface area contributed by atoms with Crippen LogP contribution in [0.25, 0.3) is 0 Å². The minimum Gasteiger partial charge on any atom is -0.354 e. The number of nitrogens with two attached hydrogens (primary N) is 1. The van der Waals surface area contributed by atoms with Crippen molar-refractivity contribution in [3.63, 3.8) is 0 Å². The predicted octanol–water partition coefficient (Wildman–Crippen LogP) is 1.26. The summed E-state index contributed by atoms with van der Waals surface area (Å²) < 4.78 is 0. The summed E-state index contributed by atoms with van der Waals surface area (Å²) in [4.78, 5) is 16.1. The molecule has 1 amide bonds. The van der Waals surface area contributed by atoms with Crippen LogP contribution in [0.3, 0.4) is 0 Å². The number of carbonyl (C=O) groups excluding carboxylic acids is 1. The van der Waals surface area contributed by atoms with Crippen LogP contribution >= 0.6 is 0 Å². The topological polar surface area (TPSA) is 68.0 Å². The highest BCUT2D eigenvalue weighted by atomic mass is 16.2. The quantitative estimate of drug-likeness (QED) is 0.780. The van der Waals surface area contributed by atoms with Gasteiger partial charge in [-0.25, -0.2) is 0 Å². The number of amides is 1. The van der Waals surface area contributed by atoms with Gasteiger partial charge in [0, 0.05) is 24.9 Å². The average molecular weight is 235 g/mol. The number of hydrogen-bond acceptors (Lipinski definition) is 3. The molecule has 0 saturated heterocycles. The molecule has 94 valence electrons. The molecule has 4 heteroatoms. The fourth-order valence-corrected chi connectivity index (χ4v) is 1.60. The predicted molar refractivity (Wildman–Crippen MR) is 68.5 cm³/mol. The third kappa shape index (κ3) is 3.82. The number of pyridine rings is 1. The molecule has 0 radical (unpaired) electrons. The van der Waals surface area contributed by atoms with Gasteiger partial charge in [0.05, 0.1) is 5.54 Å². The highest BCUT2D eigenvalue weighted by Crippen LogP contribution is 2.10. The van der Waals surface area contributed by atoms with E-state index < -0.39 is 5.54 Å². The van der Waals surface area contributed by atoms with Gasteiger partial charge in [-0.1, -0.05) is 19.9 Å². The molecule has 0 unspecified atom stereocenters. The Balaban J connectivity index is 2.39. The molecule has 0 bridgehead atoms. The highest BCUT2D eigenvalue weighted by Gasteiger charge is 2.29. The van der Waals surface area contributed by atoms with E-state index in [1.165, 1.54) is 0 Å². The standard InChI is InChI=1S/C13H21N3O/c1-3-13(14,4-2)12(17)16-10-8-11-7-5-6-9-15-11/h5-7,9H,3-4,8,10,14H2,1-2H3,(H,16,17).